The van der Waals surface area contributed by atoms with Crippen molar-refractivity contribution in [2.24, 2.45) is 0 Å². The maximum Gasteiger partial charge on any atom is 0.247 e. The molecule has 0 spiro atoms. The number of hydrogen-bond donors (Lipinski definition) is 1. The molecule has 2 aromatic carbocycles. The molecule has 0 bridgehead atoms. The van der Waals surface area contributed by atoms with E-state index < -0.39 is 27.4 Å². The van der Waals surface area contributed by atoms with Crippen molar-refractivity contribution in [2.45, 2.75) is 32.5 Å². The zero-order valence-electron chi connectivity index (χ0n) is 17.8. The topological polar surface area (TPSA) is 86.8 Å². The largest absolute Gasteiger partial charge is 0.350 e. The van der Waals surface area contributed by atoms with E-state index in [4.69, 9.17) is 11.6 Å². The van der Waals surface area contributed by atoms with Gasteiger partial charge in [-0.1, -0.05) is 53.6 Å². The van der Waals surface area contributed by atoms with Crippen molar-refractivity contribution < 1.29 is 18.0 Å². The predicted octanol–water partition coefficient (Wildman–Crippen LogP) is 2.33. The Hall–Kier alpha value is -2.42. The third-order valence-electron chi connectivity index (χ3n) is 5.48. The standard InChI is InChI=1S/C22H26ClN3O4S/c1-16-4-6-18(7-5-16)13-26-20(27)14-25(31(3,29)30)15-22(26,2)21(28)24-12-17-8-10-19(23)11-9-17/h4-11H,12-15H2,1-3H3,(H,24,28)/t22-/m1/s1. The Bertz CT molecular complexity index is 1070. The summed E-state index contributed by atoms with van der Waals surface area (Å²) in [6.45, 7) is 3.61. The van der Waals surface area contributed by atoms with Gasteiger partial charge in [-0.05, 0) is 37.1 Å². The Morgan fingerprint density at radius 1 is 1.10 bits per heavy atom. The first-order valence-electron chi connectivity index (χ1n) is 9.83. The minimum atomic E-state index is -3.65. The summed E-state index contributed by atoms with van der Waals surface area (Å²) in [5.41, 5.74) is 1.42. The van der Waals surface area contributed by atoms with Gasteiger partial charge in [0.2, 0.25) is 21.8 Å². The fraction of sp³-hybridized carbons (Fsp3) is 0.364. The minimum absolute atomic E-state index is 0.115. The number of amides is 2. The van der Waals surface area contributed by atoms with Crippen LogP contribution in [0.4, 0.5) is 0 Å². The number of halogens is 1. The van der Waals surface area contributed by atoms with Gasteiger partial charge in [-0.3, -0.25) is 9.59 Å². The summed E-state index contributed by atoms with van der Waals surface area (Å²) in [4.78, 5) is 27.7. The first kappa shape index (κ1) is 23.2. The smallest absolute Gasteiger partial charge is 0.247 e. The van der Waals surface area contributed by atoms with Crippen molar-refractivity contribution in [1.82, 2.24) is 14.5 Å². The molecule has 1 fully saturated rings. The molecule has 2 amide bonds. The lowest BCUT2D eigenvalue weighted by Crippen LogP contribution is -2.69. The summed E-state index contributed by atoms with van der Waals surface area (Å²) >= 11 is 5.91. The van der Waals surface area contributed by atoms with Gasteiger partial charge in [-0.2, -0.15) is 4.31 Å². The van der Waals surface area contributed by atoms with Gasteiger partial charge in [0.15, 0.2) is 0 Å². The molecule has 1 N–H and O–H groups in total. The molecule has 3 rings (SSSR count). The second-order valence-electron chi connectivity index (χ2n) is 8.08. The molecule has 7 nitrogen and oxygen atoms in total. The van der Waals surface area contributed by atoms with Gasteiger partial charge in [-0.15, -0.1) is 0 Å². The van der Waals surface area contributed by atoms with Crippen LogP contribution in [-0.4, -0.2) is 54.3 Å². The number of piperazine rings is 1. The first-order chi connectivity index (χ1) is 14.5. The van der Waals surface area contributed by atoms with Crippen LogP contribution in [0, 0.1) is 6.92 Å². The van der Waals surface area contributed by atoms with Crippen molar-refractivity contribution in [1.29, 1.82) is 0 Å². The van der Waals surface area contributed by atoms with Crippen molar-refractivity contribution in [2.75, 3.05) is 19.3 Å². The lowest BCUT2D eigenvalue weighted by Gasteiger charge is -2.46. The molecule has 0 saturated carbocycles. The SMILES string of the molecule is Cc1ccc(CN2C(=O)CN(S(C)(=O)=O)C[C@]2(C)C(=O)NCc2ccc(Cl)cc2)cc1. The van der Waals surface area contributed by atoms with Crippen LogP contribution < -0.4 is 5.32 Å². The lowest BCUT2D eigenvalue weighted by atomic mass is 9.94. The predicted molar refractivity (Wildman–Crippen MR) is 120 cm³/mol. The summed E-state index contributed by atoms with van der Waals surface area (Å²) in [5.74, 6) is -0.836. The molecule has 0 unspecified atom stereocenters. The monoisotopic (exact) mass is 463 g/mol. The number of carbonyl (C=O) groups is 2. The molecule has 1 saturated heterocycles. The normalized spacial score (nSPS) is 20.0. The van der Waals surface area contributed by atoms with Crippen LogP contribution in [0.15, 0.2) is 48.5 Å². The van der Waals surface area contributed by atoms with Gasteiger partial charge < -0.3 is 10.2 Å². The third-order valence-corrected chi connectivity index (χ3v) is 6.93. The summed E-state index contributed by atoms with van der Waals surface area (Å²) in [6.07, 6.45) is 1.04. The Morgan fingerprint density at radius 3 is 2.26 bits per heavy atom. The highest BCUT2D eigenvalue weighted by Gasteiger charge is 2.49. The highest BCUT2D eigenvalue weighted by Crippen LogP contribution is 2.27. The van der Waals surface area contributed by atoms with Gasteiger partial charge in [-0.25, -0.2) is 8.42 Å². The van der Waals surface area contributed by atoms with Crippen LogP contribution in [0.25, 0.3) is 0 Å². The fourth-order valence-electron chi connectivity index (χ4n) is 3.54. The Morgan fingerprint density at radius 2 is 1.68 bits per heavy atom. The molecule has 31 heavy (non-hydrogen) atoms. The maximum absolute atomic E-state index is 13.3. The van der Waals surface area contributed by atoms with Gasteiger partial charge in [0.25, 0.3) is 0 Å². The number of aryl methyl sites for hydroxylation is 1. The van der Waals surface area contributed by atoms with Crippen LogP contribution in [0.2, 0.25) is 5.02 Å². The number of sulfonamides is 1. The van der Waals surface area contributed by atoms with Gasteiger partial charge in [0.05, 0.1) is 12.8 Å². The average Bonchev–Trinajstić information content (AvgIpc) is 2.70. The van der Waals surface area contributed by atoms with Gasteiger partial charge >= 0.3 is 0 Å². The van der Waals surface area contributed by atoms with E-state index in [1.54, 1.807) is 31.2 Å². The van der Waals surface area contributed by atoms with Crippen LogP contribution in [0.3, 0.4) is 0 Å². The molecule has 0 aromatic heterocycles. The third kappa shape index (κ3) is 5.44. The van der Waals surface area contributed by atoms with Crippen molar-refractivity contribution in [3.63, 3.8) is 0 Å². The quantitative estimate of drug-likeness (QED) is 0.712. The van der Waals surface area contributed by atoms with E-state index in [1.807, 2.05) is 31.2 Å². The van der Waals surface area contributed by atoms with E-state index >= 15 is 0 Å². The molecular weight excluding hydrogens is 438 g/mol. The number of benzene rings is 2. The van der Waals surface area contributed by atoms with Gasteiger partial charge in [0.1, 0.15) is 5.54 Å². The highest BCUT2D eigenvalue weighted by molar-refractivity contribution is 7.88. The highest BCUT2D eigenvalue weighted by atomic mass is 35.5. The molecule has 1 aliphatic rings. The minimum Gasteiger partial charge on any atom is -0.350 e. The van der Waals surface area contributed by atoms with E-state index in [2.05, 4.69) is 5.32 Å². The van der Waals surface area contributed by atoms with Gasteiger partial charge in [0, 0.05) is 24.7 Å². The van der Waals surface area contributed by atoms with E-state index in [0.717, 1.165) is 27.3 Å². The van der Waals surface area contributed by atoms with Crippen LogP contribution in [0.5, 0.6) is 0 Å². The molecule has 1 heterocycles. The van der Waals surface area contributed by atoms with E-state index in [1.165, 1.54) is 4.90 Å². The molecule has 1 atom stereocenters. The lowest BCUT2D eigenvalue weighted by molar-refractivity contribution is -0.153. The number of nitrogens with one attached hydrogen (secondary N) is 1. The number of carbonyl (C=O) groups excluding carboxylic acids is 2. The number of hydrogen-bond acceptors (Lipinski definition) is 4. The summed E-state index contributed by atoms with van der Waals surface area (Å²) in [7, 11) is -3.65. The van der Waals surface area contributed by atoms with Crippen LogP contribution >= 0.6 is 11.6 Å². The van der Waals surface area contributed by atoms with Crippen molar-refractivity contribution in [3.05, 3.63) is 70.2 Å². The Labute approximate surface area is 188 Å². The summed E-state index contributed by atoms with van der Waals surface area (Å²) in [5, 5.41) is 3.44. The van der Waals surface area contributed by atoms with E-state index in [-0.39, 0.29) is 26.2 Å². The summed E-state index contributed by atoms with van der Waals surface area (Å²) < 4.78 is 25.4. The van der Waals surface area contributed by atoms with Crippen molar-refractivity contribution >= 4 is 33.4 Å². The number of nitrogens with zero attached hydrogens (tertiary/aromatic N) is 2. The zero-order chi connectivity index (χ0) is 22.8. The second-order valence-corrected chi connectivity index (χ2v) is 10.5. The fourth-order valence-corrected chi connectivity index (χ4v) is 4.50. The van der Waals surface area contributed by atoms with Crippen molar-refractivity contribution in [3.8, 4) is 0 Å². The van der Waals surface area contributed by atoms with Crippen LogP contribution in [-0.2, 0) is 32.7 Å². The molecule has 0 aliphatic carbocycles. The first-order valence-corrected chi connectivity index (χ1v) is 12.1. The molecule has 1 aliphatic heterocycles. The molecule has 166 valence electrons. The van der Waals surface area contributed by atoms with E-state index in [9.17, 15) is 18.0 Å². The zero-order valence-corrected chi connectivity index (χ0v) is 19.3. The Balaban J connectivity index is 1.87. The van der Waals surface area contributed by atoms with E-state index in [0.29, 0.717) is 5.02 Å². The number of rotatable bonds is 6. The summed E-state index contributed by atoms with van der Waals surface area (Å²) in [6, 6.07) is 14.7. The molecule has 9 heteroatoms. The maximum atomic E-state index is 13.3. The molecule has 2 aromatic rings. The molecule has 0 radical (unpaired) electrons. The average molecular weight is 464 g/mol. The van der Waals surface area contributed by atoms with Crippen LogP contribution in [0.1, 0.15) is 23.6 Å². The second kappa shape index (κ2) is 8.98. The molecular formula is C22H26ClN3O4S. The Kier molecular flexibility index (Phi) is 6.73.